The highest BCUT2D eigenvalue weighted by atomic mass is 16.3. The molecule has 1 amide bonds. The first-order chi connectivity index (χ1) is 9.98. The molecule has 1 aromatic carbocycles. The summed E-state index contributed by atoms with van der Waals surface area (Å²) in [6.07, 6.45) is 3.84. The van der Waals surface area contributed by atoms with Crippen molar-refractivity contribution in [3.8, 4) is 0 Å². The molecule has 116 valence electrons. The van der Waals surface area contributed by atoms with E-state index in [1.54, 1.807) is 19.0 Å². The van der Waals surface area contributed by atoms with Crippen molar-refractivity contribution < 1.29 is 9.90 Å². The molecule has 21 heavy (non-hydrogen) atoms. The van der Waals surface area contributed by atoms with Crippen molar-refractivity contribution in [1.82, 2.24) is 9.80 Å². The first kappa shape index (κ1) is 16.0. The lowest BCUT2D eigenvalue weighted by atomic mass is 10.0. The van der Waals surface area contributed by atoms with Crippen LogP contribution in [0.25, 0.3) is 0 Å². The maximum absolute atomic E-state index is 12.0. The van der Waals surface area contributed by atoms with Crippen LogP contribution in [0.3, 0.4) is 0 Å². The van der Waals surface area contributed by atoms with E-state index in [-0.39, 0.29) is 5.91 Å². The van der Waals surface area contributed by atoms with Crippen molar-refractivity contribution in [2.75, 3.05) is 27.2 Å². The second-order valence-corrected chi connectivity index (χ2v) is 6.35. The molecule has 1 N–H and O–H groups in total. The largest absolute Gasteiger partial charge is 0.389 e. The van der Waals surface area contributed by atoms with Gasteiger partial charge in [0.15, 0.2) is 0 Å². The number of carbonyl (C=O) groups is 1. The van der Waals surface area contributed by atoms with Gasteiger partial charge in [-0.2, -0.15) is 0 Å². The molecule has 0 radical (unpaired) electrons. The van der Waals surface area contributed by atoms with Crippen molar-refractivity contribution >= 4 is 5.91 Å². The van der Waals surface area contributed by atoms with Crippen molar-refractivity contribution in [1.29, 1.82) is 0 Å². The maximum Gasteiger partial charge on any atom is 0.236 e. The Morgan fingerprint density at radius 2 is 1.81 bits per heavy atom. The van der Waals surface area contributed by atoms with Gasteiger partial charge in [-0.1, -0.05) is 43.2 Å². The Balaban J connectivity index is 2.04. The molecule has 0 aliphatic heterocycles. The van der Waals surface area contributed by atoms with E-state index >= 15 is 0 Å². The Morgan fingerprint density at radius 3 is 2.38 bits per heavy atom. The minimum Gasteiger partial charge on any atom is -0.389 e. The molecule has 0 spiro atoms. The third kappa shape index (κ3) is 4.83. The van der Waals surface area contributed by atoms with Gasteiger partial charge in [-0.25, -0.2) is 0 Å². The van der Waals surface area contributed by atoms with E-state index in [2.05, 4.69) is 17.0 Å². The normalized spacial score (nSPS) is 17.1. The number of nitrogens with zero attached hydrogens (tertiary/aromatic N) is 2. The Kier molecular flexibility index (Phi) is 5.37. The predicted octanol–water partition coefficient (Wildman–Crippen LogP) is 1.88. The molecule has 4 heteroatoms. The number of hydrogen-bond acceptors (Lipinski definition) is 3. The summed E-state index contributed by atoms with van der Waals surface area (Å²) in [5.41, 5.74) is 0.548. The molecule has 0 saturated heterocycles. The average molecular weight is 290 g/mol. The van der Waals surface area contributed by atoms with Gasteiger partial charge in [-0.3, -0.25) is 9.69 Å². The van der Waals surface area contributed by atoms with Crippen molar-refractivity contribution in [3.05, 3.63) is 35.9 Å². The van der Waals surface area contributed by atoms with E-state index in [0.717, 1.165) is 25.7 Å². The highest BCUT2D eigenvalue weighted by Crippen LogP contribution is 2.30. The van der Waals surface area contributed by atoms with E-state index in [1.807, 2.05) is 18.2 Å². The van der Waals surface area contributed by atoms with E-state index in [1.165, 1.54) is 5.56 Å². The second-order valence-electron chi connectivity index (χ2n) is 6.35. The fourth-order valence-corrected chi connectivity index (χ4v) is 2.95. The topological polar surface area (TPSA) is 43.8 Å². The van der Waals surface area contributed by atoms with Gasteiger partial charge in [0.1, 0.15) is 0 Å². The fraction of sp³-hybridized carbons (Fsp3) is 0.588. The Morgan fingerprint density at radius 1 is 1.19 bits per heavy atom. The molecule has 0 aromatic heterocycles. The van der Waals surface area contributed by atoms with Crippen LogP contribution in [0.5, 0.6) is 0 Å². The molecular weight excluding hydrogens is 264 g/mol. The molecule has 4 nitrogen and oxygen atoms in total. The summed E-state index contributed by atoms with van der Waals surface area (Å²) in [7, 11) is 3.54. The van der Waals surface area contributed by atoms with Crippen LogP contribution in [0, 0.1) is 0 Å². The zero-order valence-electron chi connectivity index (χ0n) is 13.1. The van der Waals surface area contributed by atoms with Crippen LogP contribution in [-0.4, -0.2) is 53.6 Å². The van der Waals surface area contributed by atoms with Gasteiger partial charge in [0, 0.05) is 27.2 Å². The highest BCUT2D eigenvalue weighted by Gasteiger charge is 2.33. The van der Waals surface area contributed by atoms with Crippen LogP contribution in [-0.2, 0) is 11.3 Å². The molecule has 1 fully saturated rings. The lowest BCUT2D eigenvalue weighted by Crippen LogP contribution is -2.45. The van der Waals surface area contributed by atoms with Gasteiger partial charge in [0.25, 0.3) is 0 Å². The van der Waals surface area contributed by atoms with E-state index in [9.17, 15) is 9.90 Å². The van der Waals surface area contributed by atoms with Gasteiger partial charge in [-0.05, 0) is 18.4 Å². The highest BCUT2D eigenvalue weighted by molar-refractivity contribution is 5.77. The standard InChI is InChI=1S/C17H26N2O2/c1-18(2)16(20)13-19(12-15-8-4-3-5-9-15)14-17(21)10-6-7-11-17/h3-5,8-9,21H,6-7,10-14H2,1-2H3. The number of hydrogen-bond donors (Lipinski definition) is 1. The molecule has 0 heterocycles. The van der Waals surface area contributed by atoms with Gasteiger partial charge in [-0.15, -0.1) is 0 Å². The summed E-state index contributed by atoms with van der Waals surface area (Å²) in [6, 6.07) is 10.1. The van der Waals surface area contributed by atoms with Gasteiger partial charge >= 0.3 is 0 Å². The average Bonchev–Trinajstić information content (AvgIpc) is 2.86. The Labute approximate surface area is 127 Å². The van der Waals surface area contributed by atoms with Gasteiger partial charge < -0.3 is 10.0 Å². The third-order valence-electron chi connectivity index (χ3n) is 4.16. The molecule has 0 bridgehead atoms. The number of amides is 1. The van der Waals surface area contributed by atoms with Crippen LogP contribution in [0.15, 0.2) is 30.3 Å². The lowest BCUT2D eigenvalue weighted by Gasteiger charge is -2.31. The molecular formula is C17H26N2O2. The van der Waals surface area contributed by atoms with Crippen molar-refractivity contribution in [2.24, 2.45) is 0 Å². The Hall–Kier alpha value is -1.39. The summed E-state index contributed by atoms with van der Waals surface area (Å²) < 4.78 is 0. The van der Waals surface area contributed by atoms with E-state index < -0.39 is 5.60 Å². The van der Waals surface area contributed by atoms with Crippen LogP contribution in [0.4, 0.5) is 0 Å². The molecule has 1 aliphatic rings. The summed E-state index contributed by atoms with van der Waals surface area (Å²) in [4.78, 5) is 15.7. The zero-order chi connectivity index (χ0) is 15.3. The van der Waals surface area contributed by atoms with Crippen LogP contribution in [0.1, 0.15) is 31.2 Å². The molecule has 1 aromatic rings. The number of likely N-dealkylation sites (N-methyl/N-ethyl adjacent to an activating group) is 1. The van der Waals surface area contributed by atoms with Gasteiger partial charge in [0.2, 0.25) is 5.91 Å². The number of rotatable bonds is 6. The Bertz CT molecular complexity index is 453. The summed E-state index contributed by atoms with van der Waals surface area (Å²) in [5, 5.41) is 10.6. The number of benzene rings is 1. The monoisotopic (exact) mass is 290 g/mol. The minimum atomic E-state index is -0.624. The summed E-state index contributed by atoms with van der Waals surface area (Å²) >= 11 is 0. The molecule has 1 aliphatic carbocycles. The third-order valence-corrected chi connectivity index (χ3v) is 4.16. The second kappa shape index (κ2) is 7.05. The van der Waals surface area contributed by atoms with E-state index in [0.29, 0.717) is 19.6 Å². The summed E-state index contributed by atoms with van der Waals surface area (Å²) in [5.74, 6) is 0.0764. The molecule has 0 unspecified atom stereocenters. The van der Waals surface area contributed by atoms with Crippen molar-refractivity contribution in [2.45, 2.75) is 37.8 Å². The van der Waals surface area contributed by atoms with Crippen LogP contribution < -0.4 is 0 Å². The lowest BCUT2D eigenvalue weighted by molar-refractivity contribution is -0.130. The van der Waals surface area contributed by atoms with Crippen LogP contribution >= 0.6 is 0 Å². The smallest absolute Gasteiger partial charge is 0.236 e. The van der Waals surface area contributed by atoms with E-state index in [4.69, 9.17) is 0 Å². The number of aliphatic hydroxyl groups is 1. The van der Waals surface area contributed by atoms with Crippen molar-refractivity contribution in [3.63, 3.8) is 0 Å². The molecule has 0 atom stereocenters. The summed E-state index contributed by atoms with van der Waals surface area (Å²) in [6.45, 7) is 1.62. The number of carbonyl (C=O) groups excluding carboxylic acids is 1. The maximum atomic E-state index is 12.0. The predicted molar refractivity (Wildman–Crippen MR) is 83.8 cm³/mol. The van der Waals surface area contributed by atoms with Crippen LogP contribution in [0.2, 0.25) is 0 Å². The minimum absolute atomic E-state index is 0.0764. The first-order valence-corrected chi connectivity index (χ1v) is 7.67. The van der Waals surface area contributed by atoms with Gasteiger partial charge in [0.05, 0.1) is 12.1 Å². The zero-order valence-corrected chi connectivity index (χ0v) is 13.1. The molecule has 2 rings (SSSR count). The first-order valence-electron chi connectivity index (χ1n) is 7.67. The fourth-order valence-electron chi connectivity index (χ4n) is 2.95. The quantitative estimate of drug-likeness (QED) is 0.870. The molecule has 1 saturated carbocycles. The SMILES string of the molecule is CN(C)C(=O)CN(Cc1ccccc1)CC1(O)CCCC1.